The van der Waals surface area contributed by atoms with Crippen LogP contribution in [0.25, 0.3) is 22.2 Å². The second-order valence-corrected chi connectivity index (χ2v) is 6.77. The van der Waals surface area contributed by atoms with Crippen molar-refractivity contribution in [3.63, 3.8) is 0 Å². The molecule has 2 aromatic heterocycles. The van der Waals surface area contributed by atoms with Gasteiger partial charge in [-0.1, -0.05) is 17.7 Å². The van der Waals surface area contributed by atoms with Crippen LogP contribution >= 0.6 is 11.6 Å². The smallest absolute Gasteiger partial charge is 0.543 e. The number of carboxylic acids is 1. The molecule has 0 aliphatic carbocycles. The van der Waals surface area contributed by atoms with E-state index >= 15 is 0 Å². The van der Waals surface area contributed by atoms with Crippen LogP contribution in [-0.2, 0) is 5.54 Å². The van der Waals surface area contributed by atoms with Crippen LogP contribution in [0.3, 0.4) is 0 Å². The van der Waals surface area contributed by atoms with Gasteiger partial charge in [0.1, 0.15) is 11.5 Å². The van der Waals surface area contributed by atoms with Crippen molar-refractivity contribution in [2.24, 2.45) is 0 Å². The first-order chi connectivity index (χ1) is 11.7. The van der Waals surface area contributed by atoms with E-state index in [9.17, 15) is 19.4 Å². The molecular weight excluding hydrogens is 354 g/mol. The molecule has 0 radical (unpaired) electrons. The number of aliphatic hydroxyl groups is 1. The van der Waals surface area contributed by atoms with Crippen LogP contribution in [0, 0.1) is 5.82 Å². The Labute approximate surface area is 166 Å². The molecule has 2 heterocycles. The second-order valence-electron chi connectivity index (χ2n) is 6.37. The molecule has 0 saturated carbocycles. The average Bonchev–Trinajstić information content (AvgIpc) is 2.97. The van der Waals surface area contributed by atoms with Crippen LogP contribution in [0.4, 0.5) is 4.39 Å². The topological polar surface area (TPSA) is 78.2 Å². The molecule has 130 valence electrons. The van der Waals surface area contributed by atoms with E-state index < -0.39 is 17.3 Å². The van der Waals surface area contributed by atoms with Gasteiger partial charge in [-0.25, -0.2) is 9.37 Å². The minimum Gasteiger partial charge on any atom is -0.543 e. The Morgan fingerprint density at radius 3 is 2.62 bits per heavy atom. The molecule has 0 aliphatic rings. The van der Waals surface area contributed by atoms with E-state index in [2.05, 4.69) is 4.98 Å². The summed E-state index contributed by atoms with van der Waals surface area (Å²) in [7, 11) is 0. The number of carbonyl (C=O) groups is 1. The Kier molecular flexibility index (Phi) is 5.84. The van der Waals surface area contributed by atoms with E-state index in [0.717, 1.165) is 0 Å². The van der Waals surface area contributed by atoms with Gasteiger partial charge in [-0.05, 0) is 43.7 Å². The normalized spacial score (nSPS) is 11.4. The first-order valence-corrected chi connectivity index (χ1v) is 7.92. The predicted molar refractivity (Wildman–Crippen MR) is 90.9 cm³/mol. The molecule has 0 bridgehead atoms. The van der Waals surface area contributed by atoms with Crippen molar-refractivity contribution in [3.05, 3.63) is 53.1 Å². The van der Waals surface area contributed by atoms with E-state index in [4.69, 9.17) is 11.6 Å². The Morgan fingerprint density at radius 2 is 2.04 bits per heavy atom. The molecule has 0 amide bonds. The number of pyridine rings is 1. The quantitative estimate of drug-likeness (QED) is 0.635. The van der Waals surface area contributed by atoms with Crippen molar-refractivity contribution >= 4 is 28.6 Å². The maximum Gasteiger partial charge on any atom is 1.00 e. The minimum atomic E-state index is -1.39. The Morgan fingerprint density at radius 1 is 1.35 bits per heavy atom. The Balaban J connectivity index is 0.00000243. The van der Waals surface area contributed by atoms with Gasteiger partial charge in [-0.2, -0.15) is 0 Å². The number of rotatable bonds is 4. The fourth-order valence-corrected chi connectivity index (χ4v) is 2.76. The summed E-state index contributed by atoms with van der Waals surface area (Å²) in [5.41, 5.74) is 0.645. The predicted octanol–water partition coefficient (Wildman–Crippen LogP) is -0.409. The summed E-state index contributed by atoms with van der Waals surface area (Å²) in [6.45, 7) is 3.38. The number of hydrogen-bond donors (Lipinski definition) is 1. The molecule has 5 nitrogen and oxygen atoms in total. The number of fused-ring (bicyclic) bond motifs is 1. The minimum absolute atomic E-state index is 0. The van der Waals surface area contributed by atoms with Crippen LogP contribution in [0.15, 0.2) is 36.5 Å². The Bertz CT molecular complexity index is 988. The van der Waals surface area contributed by atoms with Gasteiger partial charge in [0, 0.05) is 17.1 Å². The first kappa shape index (κ1) is 20.5. The van der Waals surface area contributed by atoms with Crippen molar-refractivity contribution in [2.75, 3.05) is 6.61 Å². The SMILES string of the molecule is CC(C)(CO)n1cc(-c2ccc(Cl)c(F)c2)c2ccc(C(=O)[O-])nc21.[Li+]. The molecular formula is C18H15ClFLiN2O3. The molecule has 26 heavy (non-hydrogen) atoms. The molecule has 0 aliphatic heterocycles. The third-order valence-corrected chi connectivity index (χ3v) is 4.44. The summed E-state index contributed by atoms with van der Waals surface area (Å²) >= 11 is 5.74. The first-order valence-electron chi connectivity index (χ1n) is 7.55. The largest absolute Gasteiger partial charge is 1.00 e. The number of benzene rings is 1. The molecule has 0 atom stereocenters. The number of halogens is 2. The maximum absolute atomic E-state index is 13.9. The van der Waals surface area contributed by atoms with E-state index in [1.807, 2.05) is 0 Å². The summed E-state index contributed by atoms with van der Waals surface area (Å²) in [6, 6.07) is 7.36. The van der Waals surface area contributed by atoms with Crippen molar-refractivity contribution in [2.45, 2.75) is 19.4 Å². The van der Waals surface area contributed by atoms with E-state index in [1.54, 1.807) is 36.7 Å². The van der Waals surface area contributed by atoms with E-state index in [-0.39, 0.29) is 36.2 Å². The van der Waals surface area contributed by atoms with Crippen molar-refractivity contribution in [1.82, 2.24) is 9.55 Å². The van der Waals surface area contributed by atoms with Gasteiger partial charge in [0.25, 0.3) is 0 Å². The number of nitrogens with zero attached hydrogens (tertiary/aromatic N) is 2. The van der Waals surface area contributed by atoms with Crippen molar-refractivity contribution < 1.29 is 38.3 Å². The van der Waals surface area contributed by atoms with Crippen molar-refractivity contribution in [3.8, 4) is 11.1 Å². The summed E-state index contributed by atoms with van der Waals surface area (Å²) in [5, 5.41) is 21.5. The standard InChI is InChI=1S/C18H16ClFN2O3.Li/c1-18(2,9-23)22-8-12(10-3-5-13(19)14(20)7-10)11-4-6-15(17(24)25)21-16(11)22;/h3-8,23H,9H2,1-2H3,(H,24,25);/q;+1/p-1. The van der Waals surface area contributed by atoms with Gasteiger partial charge in [-0.15, -0.1) is 0 Å². The number of carbonyl (C=O) groups excluding carboxylic acids is 1. The summed E-state index contributed by atoms with van der Waals surface area (Å²) in [4.78, 5) is 15.3. The van der Waals surface area contributed by atoms with Gasteiger partial charge < -0.3 is 19.6 Å². The summed E-state index contributed by atoms with van der Waals surface area (Å²) in [6.07, 6.45) is 1.72. The molecule has 1 aromatic carbocycles. The molecule has 0 fully saturated rings. The van der Waals surface area contributed by atoms with Gasteiger partial charge in [0.15, 0.2) is 0 Å². The maximum atomic E-state index is 13.9. The zero-order chi connectivity index (χ0) is 18.4. The second kappa shape index (κ2) is 7.41. The van der Waals surface area contributed by atoms with Crippen LogP contribution < -0.4 is 24.0 Å². The molecule has 0 unspecified atom stereocenters. The zero-order valence-electron chi connectivity index (χ0n) is 14.6. The third-order valence-electron chi connectivity index (χ3n) is 4.13. The number of carboxylic acid groups (broad SMARTS) is 1. The number of aromatic nitrogens is 2. The zero-order valence-corrected chi connectivity index (χ0v) is 15.3. The van der Waals surface area contributed by atoms with Gasteiger partial charge in [0.2, 0.25) is 0 Å². The number of aromatic carboxylic acids is 1. The monoisotopic (exact) mass is 368 g/mol. The third kappa shape index (κ3) is 3.51. The number of hydrogen-bond acceptors (Lipinski definition) is 4. The summed E-state index contributed by atoms with van der Waals surface area (Å²) in [5.74, 6) is -1.95. The van der Waals surface area contributed by atoms with Gasteiger partial charge in [0.05, 0.1) is 28.8 Å². The van der Waals surface area contributed by atoms with E-state index in [0.29, 0.717) is 22.2 Å². The van der Waals surface area contributed by atoms with Crippen LogP contribution in [0.5, 0.6) is 0 Å². The van der Waals surface area contributed by atoms with Crippen molar-refractivity contribution in [1.29, 1.82) is 0 Å². The fraction of sp³-hybridized carbons (Fsp3) is 0.222. The van der Waals surface area contributed by atoms with Crippen LogP contribution in [-0.4, -0.2) is 27.2 Å². The molecule has 8 heteroatoms. The van der Waals surface area contributed by atoms with Crippen LogP contribution in [0.1, 0.15) is 24.3 Å². The molecule has 1 N–H and O–H groups in total. The molecule has 3 rings (SSSR count). The Hall–Kier alpha value is -1.84. The van der Waals surface area contributed by atoms with Gasteiger partial charge in [-0.3, -0.25) is 0 Å². The molecule has 0 spiro atoms. The summed E-state index contributed by atoms with van der Waals surface area (Å²) < 4.78 is 15.5. The molecule has 3 aromatic rings. The van der Waals surface area contributed by atoms with Crippen LogP contribution in [0.2, 0.25) is 5.02 Å². The average molecular weight is 369 g/mol. The van der Waals surface area contributed by atoms with Gasteiger partial charge >= 0.3 is 18.9 Å². The van der Waals surface area contributed by atoms with E-state index in [1.165, 1.54) is 18.2 Å². The molecule has 0 saturated heterocycles. The fourth-order valence-electron chi connectivity index (χ4n) is 2.65. The number of aliphatic hydroxyl groups excluding tert-OH is 1.